The molecule has 1 saturated heterocycles. The van der Waals surface area contributed by atoms with Gasteiger partial charge in [0.2, 0.25) is 0 Å². The third-order valence-electron chi connectivity index (χ3n) is 2.88. The molecule has 0 atom stereocenters. The van der Waals surface area contributed by atoms with Gasteiger partial charge in [-0.15, -0.1) is 5.10 Å². The zero-order valence-electron chi connectivity index (χ0n) is 10.8. The molecule has 1 fully saturated rings. The van der Waals surface area contributed by atoms with Gasteiger partial charge in [-0.05, 0) is 19.1 Å². The van der Waals surface area contributed by atoms with Crippen molar-refractivity contribution in [3.05, 3.63) is 24.0 Å². The van der Waals surface area contributed by atoms with Gasteiger partial charge in [0.25, 0.3) is 5.91 Å². The van der Waals surface area contributed by atoms with Crippen LogP contribution in [0.5, 0.6) is 0 Å². The van der Waals surface area contributed by atoms with Gasteiger partial charge in [0, 0.05) is 32.4 Å². The second kappa shape index (κ2) is 6.12. The maximum absolute atomic E-state index is 12.1. The highest BCUT2D eigenvalue weighted by Gasteiger charge is 2.25. The first-order valence-electron chi connectivity index (χ1n) is 6.21. The first-order chi connectivity index (χ1) is 9.22. The topological polar surface area (TPSA) is 75.6 Å². The number of nitrogens with zero attached hydrogens (tertiary/aromatic N) is 4. The lowest BCUT2D eigenvalue weighted by Gasteiger charge is -2.33. The van der Waals surface area contributed by atoms with E-state index in [0.717, 1.165) is 0 Å². The van der Waals surface area contributed by atoms with Crippen molar-refractivity contribution in [3.8, 4) is 0 Å². The molecule has 1 aliphatic heterocycles. The summed E-state index contributed by atoms with van der Waals surface area (Å²) in [4.78, 5) is 26.9. The van der Waals surface area contributed by atoms with Crippen LogP contribution in [0.2, 0.25) is 0 Å². The lowest BCUT2D eigenvalue weighted by Crippen LogP contribution is -2.50. The van der Waals surface area contributed by atoms with E-state index in [0.29, 0.717) is 38.5 Å². The van der Waals surface area contributed by atoms with Crippen molar-refractivity contribution in [2.45, 2.75) is 6.92 Å². The maximum Gasteiger partial charge on any atom is 0.409 e. The van der Waals surface area contributed by atoms with Crippen LogP contribution in [0, 0.1) is 0 Å². The average molecular weight is 264 g/mol. The molecule has 1 aliphatic rings. The fraction of sp³-hybridized carbons (Fsp3) is 0.500. The quantitative estimate of drug-likeness (QED) is 0.772. The summed E-state index contributed by atoms with van der Waals surface area (Å²) in [6, 6.07) is 3.31. The lowest BCUT2D eigenvalue weighted by atomic mass is 10.3. The van der Waals surface area contributed by atoms with Crippen molar-refractivity contribution < 1.29 is 14.3 Å². The van der Waals surface area contributed by atoms with Gasteiger partial charge in [-0.1, -0.05) is 0 Å². The highest BCUT2D eigenvalue weighted by molar-refractivity contribution is 5.92. The molecule has 0 spiro atoms. The van der Waals surface area contributed by atoms with Gasteiger partial charge in [-0.25, -0.2) is 4.79 Å². The molecule has 0 bridgehead atoms. The fourth-order valence-electron chi connectivity index (χ4n) is 1.88. The minimum absolute atomic E-state index is 0.156. The third-order valence-corrected chi connectivity index (χ3v) is 2.88. The average Bonchev–Trinajstić information content (AvgIpc) is 2.48. The van der Waals surface area contributed by atoms with Gasteiger partial charge >= 0.3 is 6.09 Å². The minimum atomic E-state index is -0.325. The Morgan fingerprint density at radius 2 is 1.95 bits per heavy atom. The van der Waals surface area contributed by atoms with Gasteiger partial charge in [0.1, 0.15) is 0 Å². The van der Waals surface area contributed by atoms with Gasteiger partial charge in [0.05, 0.1) is 6.61 Å². The maximum atomic E-state index is 12.1. The molecule has 0 radical (unpaired) electrons. The molecule has 0 unspecified atom stereocenters. The number of aromatic nitrogens is 2. The van der Waals surface area contributed by atoms with Crippen LogP contribution >= 0.6 is 0 Å². The van der Waals surface area contributed by atoms with Crippen LogP contribution in [-0.2, 0) is 4.74 Å². The Balaban J connectivity index is 1.90. The fourth-order valence-corrected chi connectivity index (χ4v) is 1.88. The Morgan fingerprint density at radius 3 is 2.53 bits per heavy atom. The van der Waals surface area contributed by atoms with E-state index in [9.17, 15) is 9.59 Å². The van der Waals surface area contributed by atoms with Crippen molar-refractivity contribution in [1.82, 2.24) is 20.0 Å². The number of carbonyl (C=O) groups is 2. The Labute approximate surface area is 111 Å². The van der Waals surface area contributed by atoms with Crippen LogP contribution in [0.3, 0.4) is 0 Å². The van der Waals surface area contributed by atoms with Crippen LogP contribution in [-0.4, -0.2) is 64.8 Å². The van der Waals surface area contributed by atoms with Gasteiger partial charge in [-0.3, -0.25) is 4.79 Å². The summed E-state index contributed by atoms with van der Waals surface area (Å²) in [6.45, 7) is 4.04. The van der Waals surface area contributed by atoms with Gasteiger partial charge < -0.3 is 14.5 Å². The van der Waals surface area contributed by atoms with Crippen LogP contribution in [0.1, 0.15) is 17.4 Å². The van der Waals surface area contributed by atoms with E-state index in [1.807, 2.05) is 0 Å². The monoisotopic (exact) mass is 264 g/mol. The predicted molar refractivity (Wildman–Crippen MR) is 66.5 cm³/mol. The first kappa shape index (κ1) is 13.3. The number of carbonyl (C=O) groups excluding carboxylic acids is 2. The smallest absolute Gasteiger partial charge is 0.409 e. The van der Waals surface area contributed by atoms with E-state index in [1.165, 1.54) is 6.20 Å². The summed E-state index contributed by atoms with van der Waals surface area (Å²) in [5.41, 5.74) is 0.326. The number of hydrogen-bond acceptors (Lipinski definition) is 5. The van der Waals surface area contributed by atoms with Gasteiger partial charge in [-0.2, -0.15) is 5.10 Å². The van der Waals surface area contributed by atoms with Crippen molar-refractivity contribution >= 4 is 12.0 Å². The number of ether oxygens (including phenoxy) is 1. The molecule has 1 aromatic heterocycles. The Bertz CT molecular complexity index is 444. The van der Waals surface area contributed by atoms with Gasteiger partial charge in [0.15, 0.2) is 5.69 Å². The summed E-state index contributed by atoms with van der Waals surface area (Å²) < 4.78 is 4.92. The van der Waals surface area contributed by atoms with Crippen LogP contribution in [0.4, 0.5) is 4.79 Å². The summed E-state index contributed by atoms with van der Waals surface area (Å²) in [5.74, 6) is -0.156. The van der Waals surface area contributed by atoms with Crippen LogP contribution in [0.25, 0.3) is 0 Å². The number of hydrogen-bond donors (Lipinski definition) is 0. The molecular formula is C12H16N4O3. The first-order valence-corrected chi connectivity index (χ1v) is 6.21. The SMILES string of the molecule is CCOC(=O)N1CCN(C(=O)c2cccnn2)CC1. The van der Waals surface area contributed by atoms with E-state index in [4.69, 9.17) is 4.74 Å². The van der Waals surface area contributed by atoms with E-state index < -0.39 is 0 Å². The van der Waals surface area contributed by atoms with Crippen molar-refractivity contribution in [2.24, 2.45) is 0 Å². The number of rotatable bonds is 2. The molecule has 0 aromatic carbocycles. The Morgan fingerprint density at radius 1 is 1.26 bits per heavy atom. The molecule has 1 aromatic rings. The summed E-state index contributed by atoms with van der Waals surface area (Å²) >= 11 is 0. The zero-order chi connectivity index (χ0) is 13.7. The normalized spacial score (nSPS) is 15.2. The summed E-state index contributed by atoms with van der Waals surface area (Å²) in [5, 5.41) is 7.48. The molecule has 0 saturated carbocycles. The van der Waals surface area contributed by atoms with Crippen molar-refractivity contribution in [3.63, 3.8) is 0 Å². The molecule has 7 nitrogen and oxygen atoms in total. The molecule has 0 aliphatic carbocycles. The predicted octanol–water partition coefficient (Wildman–Crippen LogP) is 0.391. The van der Waals surface area contributed by atoms with Crippen LogP contribution in [0.15, 0.2) is 18.3 Å². The van der Waals surface area contributed by atoms with Crippen molar-refractivity contribution in [1.29, 1.82) is 0 Å². The summed E-state index contributed by atoms with van der Waals surface area (Å²) in [7, 11) is 0. The molecule has 7 heteroatoms. The minimum Gasteiger partial charge on any atom is -0.450 e. The number of amides is 2. The Kier molecular flexibility index (Phi) is 4.27. The number of piperazine rings is 1. The lowest BCUT2D eigenvalue weighted by molar-refractivity contribution is 0.0565. The molecule has 102 valence electrons. The second-order valence-electron chi connectivity index (χ2n) is 4.09. The van der Waals surface area contributed by atoms with Crippen molar-refractivity contribution in [2.75, 3.05) is 32.8 Å². The largest absolute Gasteiger partial charge is 0.450 e. The molecule has 2 rings (SSSR count). The zero-order valence-corrected chi connectivity index (χ0v) is 10.8. The van der Waals surface area contributed by atoms with E-state index in [-0.39, 0.29) is 12.0 Å². The van der Waals surface area contributed by atoms with Crippen LogP contribution < -0.4 is 0 Å². The van der Waals surface area contributed by atoms with E-state index >= 15 is 0 Å². The standard InChI is InChI=1S/C12H16N4O3/c1-2-19-12(18)16-8-6-15(7-9-16)11(17)10-4-3-5-13-14-10/h3-5H,2,6-9H2,1H3. The highest BCUT2D eigenvalue weighted by Crippen LogP contribution is 2.07. The molecular weight excluding hydrogens is 248 g/mol. The van der Waals surface area contributed by atoms with E-state index in [1.54, 1.807) is 28.9 Å². The Hall–Kier alpha value is -2.18. The molecule has 0 N–H and O–H groups in total. The highest BCUT2D eigenvalue weighted by atomic mass is 16.6. The molecule has 19 heavy (non-hydrogen) atoms. The van der Waals surface area contributed by atoms with E-state index in [2.05, 4.69) is 10.2 Å². The second-order valence-corrected chi connectivity index (χ2v) is 4.09. The molecule has 2 heterocycles. The summed E-state index contributed by atoms with van der Waals surface area (Å²) in [6.07, 6.45) is 1.20. The molecule has 2 amide bonds. The third kappa shape index (κ3) is 3.18.